The Balaban J connectivity index is 1.65. The van der Waals surface area contributed by atoms with Crippen LogP contribution in [-0.4, -0.2) is 76.5 Å². The number of nitrogens with zero attached hydrogens (tertiary/aromatic N) is 5. The zero-order valence-electron chi connectivity index (χ0n) is 13.7. The lowest BCUT2D eigenvalue weighted by Gasteiger charge is -2.35. The van der Waals surface area contributed by atoms with E-state index in [9.17, 15) is 4.79 Å². The van der Waals surface area contributed by atoms with E-state index in [1.54, 1.807) is 4.90 Å². The second-order valence-electron chi connectivity index (χ2n) is 6.79. The van der Waals surface area contributed by atoms with E-state index in [4.69, 9.17) is 0 Å². The molecule has 22 heavy (non-hydrogen) atoms. The molecule has 3 saturated heterocycles. The van der Waals surface area contributed by atoms with Gasteiger partial charge in [-0.1, -0.05) is 4.49 Å². The minimum Gasteiger partial charge on any atom is -0.348 e. The fraction of sp³-hybridized carbons (Fsp3) is 0.800. The summed E-state index contributed by atoms with van der Waals surface area (Å²) in [6.07, 6.45) is 2.52. The quantitative estimate of drug-likeness (QED) is 0.821. The van der Waals surface area contributed by atoms with E-state index in [1.165, 1.54) is 29.3 Å². The number of hydrogen-bond donors (Lipinski definition) is 0. The molecule has 7 heteroatoms. The molecule has 0 N–H and O–H groups in total. The SMILES string of the molecule is Cc1nnsc1CN1C[C@H]2CC[C@@H]1CN(CC(=O)N(C)C)C2. The summed E-state index contributed by atoms with van der Waals surface area (Å²) in [5.41, 5.74) is 1.06. The Morgan fingerprint density at radius 1 is 1.32 bits per heavy atom. The van der Waals surface area contributed by atoms with Gasteiger partial charge >= 0.3 is 0 Å². The van der Waals surface area contributed by atoms with Crippen molar-refractivity contribution in [1.29, 1.82) is 0 Å². The maximum atomic E-state index is 12.0. The lowest BCUT2D eigenvalue weighted by atomic mass is 9.95. The molecule has 1 aromatic heterocycles. The Labute approximate surface area is 136 Å². The Kier molecular flexibility index (Phi) is 4.75. The standard InChI is InChI=1S/C15H25N5OS/c1-11-14(22-17-16-11)9-20-7-12-4-5-13(20)8-19(6-12)10-15(21)18(2)3/h12-13H,4-10H2,1-3H3/t12-,13+/m0/s1. The summed E-state index contributed by atoms with van der Waals surface area (Å²) in [4.78, 5) is 19.9. The van der Waals surface area contributed by atoms with Crippen molar-refractivity contribution in [3.05, 3.63) is 10.6 Å². The minimum absolute atomic E-state index is 0.204. The van der Waals surface area contributed by atoms with E-state index in [-0.39, 0.29) is 5.91 Å². The lowest BCUT2D eigenvalue weighted by molar-refractivity contribution is -0.130. The van der Waals surface area contributed by atoms with Crippen molar-refractivity contribution in [3.63, 3.8) is 0 Å². The van der Waals surface area contributed by atoms with Gasteiger partial charge in [0, 0.05) is 46.3 Å². The highest BCUT2D eigenvalue weighted by Gasteiger charge is 2.35. The molecule has 3 aliphatic heterocycles. The van der Waals surface area contributed by atoms with E-state index in [2.05, 4.69) is 19.4 Å². The summed E-state index contributed by atoms with van der Waals surface area (Å²) in [6.45, 7) is 6.73. The number of piperidine rings is 1. The fourth-order valence-electron chi connectivity index (χ4n) is 3.51. The van der Waals surface area contributed by atoms with Gasteiger partial charge in [-0.15, -0.1) is 5.10 Å². The number of carbonyl (C=O) groups is 1. The zero-order chi connectivity index (χ0) is 15.7. The molecule has 3 aliphatic rings. The average Bonchev–Trinajstić information content (AvgIpc) is 2.69. The van der Waals surface area contributed by atoms with Crippen molar-refractivity contribution in [2.75, 3.05) is 40.3 Å². The number of carbonyl (C=O) groups excluding carboxylic acids is 1. The molecule has 122 valence electrons. The third-order valence-corrected chi connectivity index (χ3v) is 5.66. The molecule has 2 atom stereocenters. The molecule has 1 amide bonds. The maximum absolute atomic E-state index is 12.0. The van der Waals surface area contributed by atoms with Crippen LogP contribution in [0.5, 0.6) is 0 Å². The minimum atomic E-state index is 0.204. The number of rotatable bonds is 4. The van der Waals surface area contributed by atoms with Crippen LogP contribution in [0.2, 0.25) is 0 Å². The van der Waals surface area contributed by atoms with E-state index in [1.807, 2.05) is 21.0 Å². The predicted molar refractivity (Wildman–Crippen MR) is 86.7 cm³/mol. The summed E-state index contributed by atoms with van der Waals surface area (Å²) >= 11 is 1.52. The van der Waals surface area contributed by atoms with E-state index >= 15 is 0 Å². The highest BCUT2D eigenvalue weighted by Crippen LogP contribution is 2.29. The van der Waals surface area contributed by atoms with Crippen molar-refractivity contribution in [2.45, 2.75) is 32.4 Å². The molecule has 0 aliphatic carbocycles. The van der Waals surface area contributed by atoms with Gasteiger partial charge in [-0.2, -0.15) is 0 Å². The van der Waals surface area contributed by atoms with Crippen LogP contribution in [-0.2, 0) is 11.3 Å². The molecule has 2 bridgehead atoms. The van der Waals surface area contributed by atoms with Gasteiger partial charge in [-0.3, -0.25) is 14.6 Å². The van der Waals surface area contributed by atoms with Crippen molar-refractivity contribution >= 4 is 17.4 Å². The Bertz CT molecular complexity index is 532. The van der Waals surface area contributed by atoms with Crippen LogP contribution in [0, 0.1) is 12.8 Å². The van der Waals surface area contributed by atoms with Crippen LogP contribution in [0.15, 0.2) is 0 Å². The third-order valence-electron chi connectivity index (χ3n) is 4.85. The molecule has 0 saturated carbocycles. The highest BCUT2D eigenvalue weighted by atomic mass is 32.1. The molecule has 4 rings (SSSR count). The highest BCUT2D eigenvalue weighted by molar-refractivity contribution is 7.05. The summed E-state index contributed by atoms with van der Waals surface area (Å²) in [5.74, 6) is 0.880. The Hall–Kier alpha value is -1.05. The first kappa shape index (κ1) is 15.8. The molecule has 0 radical (unpaired) electrons. The number of aryl methyl sites for hydroxylation is 1. The van der Waals surface area contributed by atoms with Crippen molar-refractivity contribution in [3.8, 4) is 0 Å². The average molecular weight is 323 g/mol. The van der Waals surface area contributed by atoms with Gasteiger partial charge in [0.25, 0.3) is 0 Å². The molecular weight excluding hydrogens is 298 g/mol. The molecule has 6 nitrogen and oxygen atoms in total. The van der Waals surface area contributed by atoms with Gasteiger partial charge in [-0.05, 0) is 37.2 Å². The zero-order valence-corrected chi connectivity index (χ0v) is 14.5. The monoisotopic (exact) mass is 323 g/mol. The predicted octanol–water partition coefficient (Wildman–Crippen LogP) is 0.831. The van der Waals surface area contributed by atoms with Gasteiger partial charge in [0.05, 0.1) is 17.1 Å². The van der Waals surface area contributed by atoms with Gasteiger partial charge in [0.15, 0.2) is 0 Å². The smallest absolute Gasteiger partial charge is 0.236 e. The van der Waals surface area contributed by atoms with E-state index in [0.717, 1.165) is 31.9 Å². The van der Waals surface area contributed by atoms with Crippen LogP contribution in [0.25, 0.3) is 0 Å². The largest absolute Gasteiger partial charge is 0.348 e. The number of aromatic nitrogens is 2. The van der Waals surface area contributed by atoms with Crippen molar-refractivity contribution in [1.82, 2.24) is 24.3 Å². The second kappa shape index (κ2) is 6.60. The van der Waals surface area contributed by atoms with Crippen LogP contribution >= 0.6 is 11.5 Å². The topological polar surface area (TPSA) is 52.6 Å². The molecule has 3 fully saturated rings. The first-order chi connectivity index (χ1) is 10.5. The van der Waals surface area contributed by atoms with Gasteiger partial charge in [0.2, 0.25) is 5.91 Å². The van der Waals surface area contributed by atoms with Crippen LogP contribution in [0.4, 0.5) is 0 Å². The van der Waals surface area contributed by atoms with E-state index in [0.29, 0.717) is 18.5 Å². The maximum Gasteiger partial charge on any atom is 0.236 e. The molecule has 4 heterocycles. The number of hydrogen-bond acceptors (Lipinski definition) is 6. The van der Waals surface area contributed by atoms with Crippen LogP contribution in [0.1, 0.15) is 23.4 Å². The first-order valence-electron chi connectivity index (χ1n) is 7.97. The lowest BCUT2D eigenvalue weighted by Crippen LogP contribution is -2.44. The van der Waals surface area contributed by atoms with Crippen LogP contribution in [0.3, 0.4) is 0 Å². The molecule has 1 aromatic rings. The summed E-state index contributed by atoms with van der Waals surface area (Å²) in [5, 5.41) is 4.12. The van der Waals surface area contributed by atoms with Crippen molar-refractivity contribution in [2.24, 2.45) is 5.92 Å². The summed E-state index contributed by atoms with van der Waals surface area (Å²) < 4.78 is 4.05. The number of fused-ring (bicyclic) bond motifs is 4. The first-order valence-corrected chi connectivity index (χ1v) is 8.74. The molecule has 0 unspecified atom stereocenters. The summed E-state index contributed by atoms with van der Waals surface area (Å²) in [6, 6.07) is 0.551. The summed E-state index contributed by atoms with van der Waals surface area (Å²) in [7, 11) is 3.67. The second-order valence-corrected chi connectivity index (χ2v) is 7.63. The molecule has 0 spiro atoms. The molecular formula is C15H25N5OS. The number of amides is 1. The number of likely N-dealkylation sites (N-methyl/N-ethyl adjacent to an activating group) is 1. The normalized spacial score (nSPS) is 26.1. The van der Waals surface area contributed by atoms with Crippen molar-refractivity contribution < 1.29 is 4.79 Å². The van der Waals surface area contributed by atoms with Gasteiger partial charge < -0.3 is 4.90 Å². The fourth-order valence-corrected chi connectivity index (χ4v) is 4.17. The van der Waals surface area contributed by atoms with Crippen LogP contribution < -0.4 is 0 Å². The Morgan fingerprint density at radius 2 is 2.14 bits per heavy atom. The van der Waals surface area contributed by atoms with E-state index < -0.39 is 0 Å². The van der Waals surface area contributed by atoms with Gasteiger partial charge in [-0.25, -0.2) is 0 Å². The third kappa shape index (κ3) is 3.47. The Morgan fingerprint density at radius 3 is 2.82 bits per heavy atom. The van der Waals surface area contributed by atoms with Gasteiger partial charge in [0.1, 0.15) is 0 Å². The molecule has 0 aromatic carbocycles.